The lowest BCUT2D eigenvalue weighted by molar-refractivity contribution is 0.249. The van der Waals surface area contributed by atoms with Gasteiger partial charge in [-0.05, 0) is 12.3 Å². The topological polar surface area (TPSA) is 67.2 Å². The number of aliphatic hydroxyl groups excluding tert-OH is 1. The minimum Gasteiger partial charge on any atom is -0.394 e. The van der Waals surface area contributed by atoms with Crippen molar-refractivity contribution in [1.29, 1.82) is 0 Å². The Morgan fingerprint density at radius 2 is 2.21 bits per heavy atom. The minimum atomic E-state index is -0.291. The van der Waals surface area contributed by atoms with Gasteiger partial charge in [-0.1, -0.05) is 38.8 Å². The molecule has 1 aromatic heterocycles. The Kier molecular flexibility index (Phi) is 6.31. The number of rotatable bonds is 7. The number of nitrogens with one attached hydrogen (secondary N) is 1. The number of unbranched alkanes of at least 4 members (excludes halogenated alkanes) is 1. The maximum atomic E-state index is 12.0. The molecule has 0 bridgehead atoms. The van der Waals surface area contributed by atoms with E-state index in [1.165, 1.54) is 4.68 Å². The molecule has 0 fully saturated rings. The third kappa shape index (κ3) is 4.21. The SMILES string of the molecule is CCCCn1ncc(NC(CO)C(C)C)c(Cl)c1=O. The zero-order valence-electron chi connectivity index (χ0n) is 11.7. The first-order chi connectivity index (χ1) is 9.01. The van der Waals surface area contributed by atoms with Gasteiger partial charge in [0.05, 0.1) is 24.5 Å². The van der Waals surface area contributed by atoms with Crippen LogP contribution < -0.4 is 10.9 Å². The molecule has 0 amide bonds. The highest BCUT2D eigenvalue weighted by atomic mass is 35.5. The van der Waals surface area contributed by atoms with E-state index in [0.29, 0.717) is 12.2 Å². The maximum Gasteiger partial charge on any atom is 0.287 e. The number of halogens is 1. The summed E-state index contributed by atoms with van der Waals surface area (Å²) < 4.78 is 1.38. The Balaban J connectivity index is 2.93. The molecule has 1 heterocycles. The van der Waals surface area contributed by atoms with Gasteiger partial charge >= 0.3 is 0 Å². The first-order valence-electron chi connectivity index (χ1n) is 6.64. The largest absolute Gasteiger partial charge is 0.394 e. The molecule has 1 atom stereocenters. The number of hydrogen-bond donors (Lipinski definition) is 2. The highest BCUT2D eigenvalue weighted by Crippen LogP contribution is 2.18. The molecule has 1 aromatic rings. The van der Waals surface area contributed by atoms with Crippen LogP contribution >= 0.6 is 11.6 Å². The van der Waals surface area contributed by atoms with Gasteiger partial charge in [-0.15, -0.1) is 0 Å². The second-order valence-electron chi connectivity index (χ2n) is 4.93. The average Bonchev–Trinajstić information content (AvgIpc) is 2.39. The van der Waals surface area contributed by atoms with Gasteiger partial charge < -0.3 is 10.4 Å². The van der Waals surface area contributed by atoms with Crippen LogP contribution in [0.3, 0.4) is 0 Å². The lowest BCUT2D eigenvalue weighted by atomic mass is 10.1. The third-order valence-corrected chi connectivity index (χ3v) is 3.42. The molecule has 0 radical (unpaired) electrons. The summed E-state index contributed by atoms with van der Waals surface area (Å²) in [7, 11) is 0. The van der Waals surface area contributed by atoms with Crippen molar-refractivity contribution in [3.8, 4) is 0 Å². The molecule has 0 aliphatic carbocycles. The Bertz CT molecular complexity index is 460. The smallest absolute Gasteiger partial charge is 0.287 e. The molecule has 0 aliphatic heterocycles. The zero-order valence-corrected chi connectivity index (χ0v) is 12.4. The van der Waals surface area contributed by atoms with Gasteiger partial charge in [-0.3, -0.25) is 4.79 Å². The van der Waals surface area contributed by atoms with Crippen molar-refractivity contribution < 1.29 is 5.11 Å². The fraction of sp³-hybridized carbons (Fsp3) is 0.692. The summed E-state index contributed by atoms with van der Waals surface area (Å²) in [6.45, 7) is 6.57. The molecule has 1 unspecified atom stereocenters. The van der Waals surface area contributed by atoms with E-state index in [2.05, 4.69) is 17.3 Å². The Morgan fingerprint density at radius 1 is 1.53 bits per heavy atom. The number of anilines is 1. The van der Waals surface area contributed by atoms with E-state index < -0.39 is 0 Å². The predicted octanol–water partition coefficient (Wildman–Crippen LogP) is 2.13. The Hall–Kier alpha value is -1.07. The molecule has 0 saturated carbocycles. The van der Waals surface area contributed by atoms with E-state index in [9.17, 15) is 9.90 Å². The maximum absolute atomic E-state index is 12.0. The summed E-state index contributed by atoms with van der Waals surface area (Å²) in [5.74, 6) is 0.226. The van der Waals surface area contributed by atoms with Gasteiger partial charge in [0.15, 0.2) is 0 Å². The van der Waals surface area contributed by atoms with Crippen molar-refractivity contribution in [3.63, 3.8) is 0 Å². The first kappa shape index (κ1) is 16.0. The van der Waals surface area contributed by atoms with Crippen LogP contribution in [0.2, 0.25) is 5.02 Å². The lowest BCUT2D eigenvalue weighted by Crippen LogP contribution is -2.31. The summed E-state index contributed by atoms with van der Waals surface area (Å²) in [5.41, 5.74) is 0.188. The fourth-order valence-electron chi connectivity index (χ4n) is 1.66. The van der Waals surface area contributed by atoms with Crippen LogP contribution in [0.25, 0.3) is 0 Å². The fourth-order valence-corrected chi connectivity index (χ4v) is 1.86. The van der Waals surface area contributed by atoms with Crippen LogP contribution in [0.15, 0.2) is 11.0 Å². The highest BCUT2D eigenvalue weighted by molar-refractivity contribution is 6.32. The van der Waals surface area contributed by atoms with Gasteiger partial charge in [-0.25, -0.2) is 4.68 Å². The summed E-state index contributed by atoms with van der Waals surface area (Å²) in [4.78, 5) is 12.0. The van der Waals surface area contributed by atoms with Crippen molar-refractivity contribution in [2.75, 3.05) is 11.9 Å². The zero-order chi connectivity index (χ0) is 14.4. The van der Waals surface area contributed by atoms with Gasteiger partial charge in [-0.2, -0.15) is 5.10 Å². The van der Waals surface area contributed by atoms with Crippen LogP contribution in [0.4, 0.5) is 5.69 Å². The normalized spacial score (nSPS) is 12.7. The van der Waals surface area contributed by atoms with Crippen LogP contribution in [-0.2, 0) is 6.54 Å². The van der Waals surface area contributed by atoms with Crippen molar-refractivity contribution in [1.82, 2.24) is 9.78 Å². The lowest BCUT2D eigenvalue weighted by Gasteiger charge is -2.21. The summed E-state index contributed by atoms with van der Waals surface area (Å²) in [6.07, 6.45) is 3.43. The minimum absolute atomic E-state index is 0.0209. The van der Waals surface area contributed by atoms with Crippen molar-refractivity contribution in [3.05, 3.63) is 21.6 Å². The van der Waals surface area contributed by atoms with Crippen LogP contribution in [0.1, 0.15) is 33.6 Å². The van der Waals surface area contributed by atoms with Crippen molar-refractivity contribution in [2.24, 2.45) is 5.92 Å². The molecule has 6 heteroatoms. The van der Waals surface area contributed by atoms with Crippen molar-refractivity contribution in [2.45, 2.75) is 46.2 Å². The molecule has 0 saturated heterocycles. The van der Waals surface area contributed by atoms with Crippen LogP contribution in [0.5, 0.6) is 0 Å². The van der Waals surface area contributed by atoms with E-state index >= 15 is 0 Å². The summed E-state index contributed by atoms with van der Waals surface area (Å²) in [5, 5.41) is 16.6. The second kappa shape index (κ2) is 7.50. The number of aliphatic hydroxyl groups is 1. The molecule has 0 spiro atoms. The molecule has 1 rings (SSSR count). The van der Waals surface area contributed by atoms with Gasteiger partial charge in [0, 0.05) is 6.54 Å². The van der Waals surface area contributed by atoms with E-state index in [-0.39, 0.29) is 29.1 Å². The second-order valence-corrected chi connectivity index (χ2v) is 5.31. The summed E-state index contributed by atoms with van der Waals surface area (Å²) >= 11 is 6.07. The van der Waals surface area contributed by atoms with E-state index in [4.69, 9.17) is 11.6 Å². The van der Waals surface area contributed by atoms with Gasteiger partial charge in [0.25, 0.3) is 5.56 Å². The number of nitrogens with zero attached hydrogens (tertiary/aromatic N) is 2. The predicted molar refractivity (Wildman–Crippen MR) is 77.7 cm³/mol. The van der Waals surface area contributed by atoms with Gasteiger partial charge in [0.1, 0.15) is 5.02 Å². The van der Waals surface area contributed by atoms with Crippen molar-refractivity contribution >= 4 is 17.3 Å². The molecular formula is C13H22ClN3O2. The van der Waals surface area contributed by atoms with Gasteiger partial charge in [0.2, 0.25) is 0 Å². The molecular weight excluding hydrogens is 266 g/mol. The van der Waals surface area contributed by atoms with E-state index in [1.54, 1.807) is 6.20 Å². The number of aromatic nitrogens is 2. The molecule has 108 valence electrons. The molecule has 5 nitrogen and oxygen atoms in total. The van der Waals surface area contributed by atoms with E-state index in [0.717, 1.165) is 12.8 Å². The molecule has 19 heavy (non-hydrogen) atoms. The van der Waals surface area contributed by atoms with Crippen LogP contribution in [0, 0.1) is 5.92 Å². The number of aryl methyl sites for hydroxylation is 1. The number of hydrogen-bond acceptors (Lipinski definition) is 4. The third-order valence-electron chi connectivity index (χ3n) is 3.05. The molecule has 0 aromatic carbocycles. The first-order valence-corrected chi connectivity index (χ1v) is 7.02. The Labute approximate surface area is 118 Å². The standard InChI is InChI=1S/C13H22ClN3O2/c1-4-5-6-17-13(19)12(14)10(7-15-17)16-11(8-18)9(2)3/h7,9,11,16,18H,4-6,8H2,1-3H3. The van der Waals surface area contributed by atoms with Crippen LogP contribution in [-0.4, -0.2) is 27.5 Å². The van der Waals surface area contributed by atoms with E-state index in [1.807, 2.05) is 13.8 Å². The highest BCUT2D eigenvalue weighted by Gasteiger charge is 2.16. The Morgan fingerprint density at radius 3 is 2.74 bits per heavy atom. The average molecular weight is 288 g/mol. The monoisotopic (exact) mass is 287 g/mol. The summed E-state index contributed by atoms with van der Waals surface area (Å²) in [6, 6.07) is -0.148. The molecule has 2 N–H and O–H groups in total. The molecule has 0 aliphatic rings. The quantitative estimate of drug-likeness (QED) is 0.806.